The summed E-state index contributed by atoms with van der Waals surface area (Å²) in [5.74, 6) is -0.978. The average molecular weight is 382 g/mol. The van der Waals surface area contributed by atoms with E-state index in [4.69, 9.17) is 18.9 Å². The highest BCUT2D eigenvalue weighted by Crippen LogP contribution is 2.72. The second-order valence-electron chi connectivity index (χ2n) is 8.45. The summed E-state index contributed by atoms with van der Waals surface area (Å²) in [6.07, 6.45) is -1.86. The molecule has 2 bridgehead atoms. The number of rotatable bonds is 3. The maximum atomic E-state index is 11.8. The molecule has 3 fully saturated rings. The highest BCUT2D eigenvalue weighted by Gasteiger charge is 2.86. The van der Waals surface area contributed by atoms with Gasteiger partial charge in [0.1, 0.15) is 30.5 Å². The molecule has 1 spiro atoms. The summed E-state index contributed by atoms with van der Waals surface area (Å²) in [7, 11) is 0. The van der Waals surface area contributed by atoms with Crippen molar-refractivity contribution in [3.63, 3.8) is 0 Å². The number of epoxide rings is 1. The van der Waals surface area contributed by atoms with E-state index >= 15 is 0 Å². The van der Waals surface area contributed by atoms with Gasteiger partial charge in [-0.05, 0) is 18.9 Å². The number of hydrogen-bond donors (Lipinski definition) is 2. The van der Waals surface area contributed by atoms with E-state index in [1.807, 2.05) is 19.9 Å². The molecule has 1 saturated carbocycles. The molecule has 8 nitrogen and oxygen atoms in total. The van der Waals surface area contributed by atoms with Crippen LogP contribution in [0, 0.1) is 10.8 Å². The highest BCUT2D eigenvalue weighted by molar-refractivity contribution is 5.67. The normalized spacial score (nSPS) is 50.0. The molecule has 4 aliphatic rings. The first kappa shape index (κ1) is 18.9. The van der Waals surface area contributed by atoms with Crippen LogP contribution in [0.3, 0.4) is 0 Å². The van der Waals surface area contributed by atoms with E-state index in [2.05, 4.69) is 0 Å². The Morgan fingerprint density at radius 2 is 1.96 bits per heavy atom. The highest BCUT2D eigenvalue weighted by atomic mass is 16.7. The second kappa shape index (κ2) is 5.76. The zero-order valence-corrected chi connectivity index (χ0v) is 15.9. The van der Waals surface area contributed by atoms with Gasteiger partial charge < -0.3 is 29.2 Å². The molecule has 0 aromatic rings. The van der Waals surface area contributed by atoms with E-state index in [1.165, 1.54) is 13.8 Å². The van der Waals surface area contributed by atoms with Crippen molar-refractivity contribution in [2.45, 2.75) is 70.2 Å². The smallest absolute Gasteiger partial charge is 0.303 e. The van der Waals surface area contributed by atoms with Crippen molar-refractivity contribution in [3.8, 4) is 0 Å². The Balaban J connectivity index is 1.88. The van der Waals surface area contributed by atoms with Crippen LogP contribution < -0.4 is 0 Å². The van der Waals surface area contributed by atoms with Crippen LogP contribution in [0.2, 0.25) is 0 Å². The van der Waals surface area contributed by atoms with Crippen molar-refractivity contribution >= 4 is 11.9 Å². The van der Waals surface area contributed by atoms with Gasteiger partial charge in [-0.15, -0.1) is 0 Å². The maximum absolute atomic E-state index is 11.8. The Labute approximate surface area is 157 Å². The molecule has 2 heterocycles. The Morgan fingerprint density at radius 3 is 2.52 bits per heavy atom. The quantitative estimate of drug-likeness (QED) is 0.401. The first-order valence-electron chi connectivity index (χ1n) is 9.23. The minimum Gasteiger partial charge on any atom is -0.465 e. The zero-order chi connectivity index (χ0) is 19.8. The van der Waals surface area contributed by atoms with E-state index in [9.17, 15) is 19.8 Å². The van der Waals surface area contributed by atoms with Gasteiger partial charge in [-0.3, -0.25) is 9.59 Å². The van der Waals surface area contributed by atoms with E-state index in [-0.39, 0.29) is 13.0 Å². The van der Waals surface area contributed by atoms with Gasteiger partial charge in [0.05, 0.1) is 24.2 Å². The van der Waals surface area contributed by atoms with E-state index in [0.717, 1.165) is 5.57 Å². The Bertz CT molecular complexity index is 712. The lowest BCUT2D eigenvalue weighted by atomic mass is 9.51. The standard InChI is InChI=1S/C19H26O8/c1-9-5-13-18(6-12(9)22,7-24-10(2)20)17(4)15(26-11(3)21)14(23)16(27-13)19(17)8-25-19/h5,12-16,22-23H,6-8H2,1-4H3/t12-,13?,14+,15+,16?,17+,18+,19?/m0/s1. The molecule has 0 amide bonds. The van der Waals surface area contributed by atoms with Crippen molar-refractivity contribution in [2.24, 2.45) is 10.8 Å². The van der Waals surface area contributed by atoms with Crippen LogP contribution in [0.5, 0.6) is 0 Å². The van der Waals surface area contributed by atoms with E-state index in [0.29, 0.717) is 6.61 Å². The van der Waals surface area contributed by atoms with Gasteiger partial charge in [-0.2, -0.15) is 0 Å². The summed E-state index contributed by atoms with van der Waals surface area (Å²) in [6.45, 7) is 6.61. The first-order chi connectivity index (χ1) is 12.6. The fraction of sp³-hybridized carbons (Fsp3) is 0.789. The van der Waals surface area contributed by atoms with Gasteiger partial charge in [0.25, 0.3) is 0 Å². The summed E-state index contributed by atoms with van der Waals surface area (Å²) < 4.78 is 23.1. The van der Waals surface area contributed by atoms with Crippen molar-refractivity contribution in [3.05, 3.63) is 11.6 Å². The van der Waals surface area contributed by atoms with Crippen LogP contribution in [-0.4, -0.2) is 71.5 Å². The van der Waals surface area contributed by atoms with Gasteiger partial charge in [-0.1, -0.05) is 13.0 Å². The Kier molecular flexibility index (Phi) is 4.03. The topological polar surface area (TPSA) is 115 Å². The van der Waals surface area contributed by atoms with Gasteiger partial charge in [0.15, 0.2) is 0 Å². The number of ether oxygens (including phenoxy) is 4. The van der Waals surface area contributed by atoms with Crippen molar-refractivity contribution in [1.82, 2.24) is 0 Å². The maximum Gasteiger partial charge on any atom is 0.303 e. The largest absolute Gasteiger partial charge is 0.465 e. The van der Waals surface area contributed by atoms with Crippen LogP contribution >= 0.6 is 0 Å². The van der Waals surface area contributed by atoms with Gasteiger partial charge in [-0.25, -0.2) is 0 Å². The van der Waals surface area contributed by atoms with Crippen molar-refractivity contribution in [1.29, 1.82) is 0 Å². The molecule has 0 radical (unpaired) electrons. The summed E-state index contributed by atoms with van der Waals surface area (Å²) >= 11 is 0. The molecule has 0 aromatic heterocycles. The molecular formula is C19H26O8. The van der Waals surface area contributed by atoms with Crippen LogP contribution in [-0.2, 0) is 28.5 Å². The average Bonchev–Trinajstić information content (AvgIpc) is 3.36. The van der Waals surface area contributed by atoms with Crippen molar-refractivity contribution in [2.75, 3.05) is 13.2 Å². The van der Waals surface area contributed by atoms with Gasteiger partial charge in [0.2, 0.25) is 0 Å². The lowest BCUT2D eigenvalue weighted by Gasteiger charge is -2.58. The summed E-state index contributed by atoms with van der Waals surface area (Å²) in [4.78, 5) is 23.4. The minimum atomic E-state index is -1.08. The summed E-state index contributed by atoms with van der Waals surface area (Å²) in [6, 6.07) is 0. The Morgan fingerprint density at radius 1 is 1.30 bits per heavy atom. The van der Waals surface area contributed by atoms with Crippen LogP contribution in [0.15, 0.2) is 11.6 Å². The van der Waals surface area contributed by atoms with Crippen LogP contribution in [0.4, 0.5) is 0 Å². The van der Waals surface area contributed by atoms with E-state index < -0.39 is 58.9 Å². The van der Waals surface area contributed by atoms with Gasteiger partial charge >= 0.3 is 11.9 Å². The number of hydrogen-bond acceptors (Lipinski definition) is 8. The molecule has 27 heavy (non-hydrogen) atoms. The molecule has 3 unspecified atom stereocenters. The van der Waals surface area contributed by atoms with Gasteiger partial charge in [0, 0.05) is 19.3 Å². The molecule has 8 atom stereocenters. The monoisotopic (exact) mass is 382 g/mol. The predicted octanol–water partition coefficient (Wildman–Crippen LogP) is 0.0957. The van der Waals surface area contributed by atoms with E-state index in [1.54, 1.807) is 0 Å². The zero-order valence-electron chi connectivity index (χ0n) is 15.9. The predicted molar refractivity (Wildman–Crippen MR) is 90.5 cm³/mol. The summed E-state index contributed by atoms with van der Waals surface area (Å²) in [5.41, 5.74) is -1.91. The third-order valence-corrected chi connectivity index (χ3v) is 7.18. The number of fused-ring (bicyclic) bond motifs is 2. The molecule has 4 rings (SSSR count). The molecular weight excluding hydrogens is 356 g/mol. The number of carbonyl (C=O) groups excluding carboxylic acids is 2. The number of carbonyl (C=O) groups is 2. The fourth-order valence-electron chi connectivity index (χ4n) is 5.60. The fourth-order valence-corrected chi connectivity index (χ4v) is 5.60. The second-order valence-corrected chi connectivity index (χ2v) is 8.45. The third kappa shape index (κ3) is 2.24. The molecule has 2 aliphatic heterocycles. The number of aliphatic hydroxyl groups is 2. The third-order valence-electron chi connectivity index (χ3n) is 7.18. The Hall–Kier alpha value is -1.48. The summed E-state index contributed by atoms with van der Waals surface area (Å²) in [5, 5.41) is 21.6. The number of aliphatic hydroxyl groups excluding tert-OH is 2. The molecule has 0 aromatic carbocycles. The first-order valence-corrected chi connectivity index (χ1v) is 9.23. The molecule has 2 saturated heterocycles. The van der Waals surface area contributed by atoms with Crippen LogP contribution in [0.1, 0.15) is 34.1 Å². The molecule has 2 N–H and O–H groups in total. The SMILES string of the molecule is CC(=O)OC[C@]12C[C@H](O)C(C)=CC1OC1[C@H](O)[C@@H](OC(C)=O)[C@@]2(C)C12CO2. The van der Waals surface area contributed by atoms with Crippen molar-refractivity contribution < 1.29 is 38.7 Å². The molecule has 8 heteroatoms. The lowest BCUT2D eigenvalue weighted by molar-refractivity contribution is -0.239. The minimum absolute atomic E-state index is 0.0351. The molecule has 150 valence electrons. The van der Waals surface area contributed by atoms with Crippen LogP contribution in [0.25, 0.3) is 0 Å². The molecule has 2 aliphatic carbocycles. The lowest BCUT2D eigenvalue weighted by Crippen LogP contribution is -2.67. The number of esters is 2.